The molecule has 13 heteroatoms. The van der Waals surface area contributed by atoms with Gasteiger partial charge in [-0.15, -0.1) is 5.10 Å². The van der Waals surface area contributed by atoms with Gasteiger partial charge in [-0.1, -0.05) is 67.6 Å². The number of amides is 4. The molecule has 13 nitrogen and oxygen atoms in total. The normalized spacial score (nSPS) is 23.1. The van der Waals surface area contributed by atoms with Crippen molar-refractivity contribution in [2.75, 3.05) is 14.7 Å². The van der Waals surface area contributed by atoms with Crippen LogP contribution in [0.3, 0.4) is 0 Å². The topological polar surface area (TPSA) is 153 Å². The van der Waals surface area contributed by atoms with Gasteiger partial charge in [-0.2, -0.15) is 0 Å². The Morgan fingerprint density at radius 3 is 1.96 bits per heavy atom. The van der Waals surface area contributed by atoms with Gasteiger partial charge >= 0.3 is 6.09 Å². The van der Waals surface area contributed by atoms with Gasteiger partial charge in [0.05, 0.1) is 18.8 Å². The van der Waals surface area contributed by atoms with E-state index in [-0.39, 0.29) is 47.6 Å². The second-order valence-electron chi connectivity index (χ2n) is 15.4. The summed E-state index contributed by atoms with van der Waals surface area (Å²) in [5.41, 5.74) is 5.37. The van der Waals surface area contributed by atoms with E-state index in [9.17, 15) is 24.3 Å². The van der Waals surface area contributed by atoms with E-state index in [1.165, 1.54) is 10.5 Å². The standard InChI is InChI=1S/C43H52N8O5/c1-5-40(52)49-27(3)23-35(33-11-7-9-13-37(33)49)44-30-17-19-31(20-18-30)45-42(54)36-26-48(47-46-36)25-29-15-21-32(22-16-29)51(43(55)56)39-24-28(4)50(41(53)6-2)38-14-10-8-12-34(38)39/h7-16,21-22,26-28,30-31,35,39,44H,5-6,17-20,23-25H2,1-4H3,(H,45,54)(H,55,56)/t27-,28-,30?,31?,35+,39+/m0/s1. The summed E-state index contributed by atoms with van der Waals surface area (Å²) in [5.74, 6) is -0.0943. The van der Waals surface area contributed by atoms with Crippen molar-refractivity contribution in [2.24, 2.45) is 0 Å². The Bertz CT molecular complexity index is 2060. The Labute approximate surface area is 328 Å². The Morgan fingerprint density at radius 2 is 1.34 bits per heavy atom. The van der Waals surface area contributed by atoms with E-state index in [2.05, 4.69) is 33.9 Å². The molecule has 0 bridgehead atoms. The van der Waals surface area contributed by atoms with Crippen LogP contribution in [0.25, 0.3) is 0 Å². The fourth-order valence-electron chi connectivity index (χ4n) is 8.90. The van der Waals surface area contributed by atoms with E-state index >= 15 is 0 Å². The molecule has 0 unspecified atom stereocenters. The second-order valence-corrected chi connectivity index (χ2v) is 15.4. The third-order valence-electron chi connectivity index (χ3n) is 11.6. The molecule has 56 heavy (non-hydrogen) atoms. The average Bonchev–Trinajstić information content (AvgIpc) is 3.67. The average molecular weight is 761 g/mol. The number of rotatable bonds is 10. The van der Waals surface area contributed by atoms with Crippen molar-refractivity contribution in [3.8, 4) is 0 Å². The Kier molecular flexibility index (Phi) is 11.5. The molecule has 294 valence electrons. The van der Waals surface area contributed by atoms with Crippen molar-refractivity contribution < 1.29 is 24.3 Å². The predicted molar refractivity (Wildman–Crippen MR) is 215 cm³/mol. The van der Waals surface area contributed by atoms with Crippen molar-refractivity contribution in [2.45, 2.75) is 122 Å². The largest absolute Gasteiger partial charge is 0.465 e. The maximum Gasteiger partial charge on any atom is 0.412 e. The summed E-state index contributed by atoms with van der Waals surface area (Å²) in [4.78, 5) is 56.6. The third-order valence-corrected chi connectivity index (χ3v) is 11.6. The first kappa shape index (κ1) is 38.7. The number of benzene rings is 3. The second kappa shape index (κ2) is 16.7. The fourth-order valence-corrected chi connectivity index (χ4v) is 8.90. The van der Waals surface area contributed by atoms with E-state index in [0.29, 0.717) is 37.5 Å². The number of nitrogens with one attached hydrogen (secondary N) is 2. The van der Waals surface area contributed by atoms with Crippen molar-refractivity contribution >= 4 is 40.9 Å². The summed E-state index contributed by atoms with van der Waals surface area (Å²) in [6.07, 6.45) is 6.30. The van der Waals surface area contributed by atoms with E-state index in [4.69, 9.17) is 0 Å². The predicted octanol–water partition coefficient (Wildman–Crippen LogP) is 6.99. The van der Waals surface area contributed by atoms with Gasteiger partial charge in [0.15, 0.2) is 5.69 Å². The lowest BCUT2D eigenvalue weighted by atomic mass is 9.87. The Morgan fingerprint density at radius 1 is 0.768 bits per heavy atom. The molecule has 3 N–H and O–H groups in total. The molecule has 4 atom stereocenters. The number of aromatic nitrogens is 3. The monoisotopic (exact) mass is 760 g/mol. The van der Waals surface area contributed by atoms with Crippen LogP contribution >= 0.6 is 0 Å². The van der Waals surface area contributed by atoms with Crippen LogP contribution in [0.2, 0.25) is 0 Å². The van der Waals surface area contributed by atoms with Crippen LogP contribution in [0.4, 0.5) is 21.9 Å². The Hall–Kier alpha value is -5.56. The number of carbonyl (C=O) groups excluding carboxylic acids is 3. The molecule has 0 spiro atoms. The van der Waals surface area contributed by atoms with Gasteiger partial charge in [0.2, 0.25) is 11.8 Å². The van der Waals surface area contributed by atoms with Crippen LogP contribution in [0.1, 0.15) is 118 Å². The van der Waals surface area contributed by atoms with Crippen LogP contribution in [0.5, 0.6) is 0 Å². The van der Waals surface area contributed by atoms with Gasteiger partial charge in [-0.25, -0.2) is 9.48 Å². The molecule has 4 amide bonds. The highest BCUT2D eigenvalue weighted by atomic mass is 16.4. The van der Waals surface area contributed by atoms with Gasteiger partial charge in [0, 0.05) is 60.1 Å². The lowest BCUT2D eigenvalue weighted by molar-refractivity contribution is -0.119. The molecule has 1 aliphatic carbocycles. The highest BCUT2D eigenvalue weighted by molar-refractivity contribution is 5.97. The van der Waals surface area contributed by atoms with Gasteiger partial charge < -0.3 is 25.5 Å². The molecular formula is C43H52N8O5. The van der Waals surface area contributed by atoms with Crippen LogP contribution in [-0.4, -0.2) is 68.1 Å². The summed E-state index contributed by atoms with van der Waals surface area (Å²) in [5, 5.41) is 25.8. The summed E-state index contributed by atoms with van der Waals surface area (Å²) in [6, 6.07) is 23.0. The lowest BCUT2D eigenvalue weighted by Gasteiger charge is -2.42. The highest BCUT2D eigenvalue weighted by Crippen LogP contribution is 2.43. The van der Waals surface area contributed by atoms with Crippen molar-refractivity contribution in [1.29, 1.82) is 0 Å². The number of nitrogens with zero attached hydrogens (tertiary/aromatic N) is 6. The van der Waals surface area contributed by atoms with E-state index < -0.39 is 12.1 Å². The lowest BCUT2D eigenvalue weighted by Crippen LogP contribution is -2.48. The van der Waals surface area contributed by atoms with Gasteiger partial charge in [-0.05, 0) is 93.3 Å². The molecular weight excluding hydrogens is 709 g/mol. The molecule has 1 fully saturated rings. The minimum atomic E-state index is -1.07. The zero-order chi connectivity index (χ0) is 39.5. The first-order valence-corrected chi connectivity index (χ1v) is 20.0. The molecule has 0 saturated heterocycles. The van der Waals surface area contributed by atoms with E-state index in [1.54, 1.807) is 27.9 Å². The van der Waals surface area contributed by atoms with E-state index in [0.717, 1.165) is 54.6 Å². The summed E-state index contributed by atoms with van der Waals surface area (Å²) in [6.45, 7) is 8.18. The number of anilines is 3. The van der Waals surface area contributed by atoms with Crippen LogP contribution in [0, 0.1) is 0 Å². The minimum absolute atomic E-state index is 0.0101. The smallest absolute Gasteiger partial charge is 0.412 e. The van der Waals surface area contributed by atoms with Crippen molar-refractivity contribution in [1.82, 2.24) is 25.6 Å². The molecule has 4 aromatic rings. The number of carboxylic acid groups (broad SMARTS) is 1. The van der Waals surface area contributed by atoms with Crippen molar-refractivity contribution in [3.63, 3.8) is 0 Å². The number of para-hydroxylation sites is 2. The van der Waals surface area contributed by atoms with Crippen molar-refractivity contribution in [3.05, 3.63) is 101 Å². The molecule has 3 aliphatic rings. The maximum absolute atomic E-state index is 13.2. The highest BCUT2D eigenvalue weighted by Gasteiger charge is 2.39. The quantitative estimate of drug-likeness (QED) is 0.156. The van der Waals surface area contributed by atoms with Crippen LogP contribution in [0.15, 0.2) is 79.0 Å². The Balaban J connectivity index is 0.935. The zero-order valence-corrected chi connectivity index (χ0v) is 32.6. The number of hydrogen-bond donors (Lipinski definition) is 3. The summed E-state index contributed by atoms with van der Waals surface area (Å²) < 4.78 is 1.61. The van der Waals surface area contributed by atoms with Gasteiger partial charge in [0.1, 0.15) is 0 Å². The van der Waals surface area contributed by atoms with Gasteiger partial charge in [0.25, 0.3) is 5.91 Å². The van der Waals surface area contributed by atoms with E-state index in [1.807, 2.05) is 80.3 Å². The third kappa shape index (κ3) is 7.90. The van der Waals surface area contributed by atoms with Gasteiger partial charge in [-0.3, -0.25) is 19.3 Å². The summed E-state index contributed by atoms with van der Waals surface area (Å²) in [7, 11) is 0. The molecule has 2 aliphatic heterocycles. The zero-order valence-electron chi connectivity index (χ0n) is 32.6. The maximum atomic E-state index is 13.2. The summed E-state index contributed by atoms with van der Waals surface area (Å²) >= 11 is 0. The first-order valence-electron chi connectivity index (χ1n) is 20.0. The fraction of sp³-hybridized carbons (Fsp3) is 0.442. The number of hydrogen-bond acceptors (Lipinski definition) is 7. The van der Waals surface area contributed by atoms with Crippen LogP contribution < -0.4 is 25.3 Å². The molecule has 3 aromatic carbocycles. The molecule has 1 aromatic heterocycles. The van der Waals surface area contributed by atoms with Crippen LogP contribution in [-0.2, 0) is 16.1 Å². The molecule has 0 radical (unpaired) electrons. The number of carbonyl (C=O) groups is 4. The minimum Gasteiger partial charge on any atom is -0.465 e. The SMILES string of the molecule is CCC(=O)N1c2ccccc2[C@H](N(C(=O)O)c2ccc(Cn3cc(C(=O)NC4CCC(N[C@@H]5C[C@H](C)N(C(=O)CC)c6ccccc65)CC4)nn3)cc2)C[C@@H]1C. The molecule has 1 saturated carbocycles. The first-order chi connectivity index (χ1) is 27.1. The molecule has 3 heterocycles. The number of fused-ring (bicyclic) bond motifs is 2. The molecule has 7 rings (SSSR count).